The monoisotopic (exact) mass is 561 g/mol. The van der Waals surface area contributed by atoms with E-state index < -0.39 is 24.2 Å². The summed E-state index contributed by atoms with van der Waals surface area (Å²) >= 11 is 0. The van der Waals surface area contributed by atoms with Crippen molar-refractivity contribution >= 4 is 54.3 Å². The Morgan fingerprint density at radius 3 is 1.84 bits per heavy atom. The third-order valence-corrected chi connectivity index (χ3v) is 7.84. The predicted octanol–water partition coefficient (Wildman–Crippen LogP) is 12.0. The highest BCUT2D eigenvalue weighted by Gasteiger charge is 2.18. The van der Waals surface area contributed by atoms with E-state index in [-0.39, 0.29) is 105 Å². The minimum Gasteiger partial charge on any atom is -0.456 e. The van der Waals surface area contributed by atoms with Crippen LogP contribution in [0.4, 0.5) is 0 Å². The summed E-state index contributed by atoms with van der Waals surface area (Å²) in [5.41, 5.74) is 2.27. The van der Waals surface area contributed by atoms with Gasteiger partial charge in [0.25, 0.3) is 0 Å². The van der Waals surface area contributed by atoms with E-state index in [1.165, 1.54) is 36.4 Å². The Balaban J connectivity index is 1.39. The normalized spacial score (nSPS) is 16.6. The van der Waals surface area contributed by atoms with Gasteiger partial charge in [0.1, 0.15) is 11.2 Å². The Morgan fingerprint density at radius 1 is 0.395 bits per heavy atom. The van der Waals surface area contributed by atoms with Gasteiger partial charge in [-0.25, -0.2) is 0 Å². The molecule has 0 fully saturated rings. The Morgan fingerprint density at radius 2 is 1.02 bits per heavy atom. The van der Waals surface area contributed by atoms with Crippen molar-refractivity contribution in [2.75, 3.05) is 0 Å². The highest BCUT2D eigenvalue weighted by molar-refractivity contribution is 6.23. The molecule has 0 bridgehead atoms. The zero-order chi connectivity index (χ0) is 41.4. The van der Waals surface area contributed by atoms with Crippen LogP contribution in [0.1, 0.15) is 20.6 Å². The van der Waals surface area contributed by atoms with Gasteiger partial charge in [0.15, 0.2) is 0 Å². The number of fused-ring (bicyclic) bond motifs is 6. The van der Waals surface area contributed by atoms with Gasteiger partial charge in [-0.05, 0) is 89.9 Å². The number of para-hydroxylation sites is 1. The molecule has 0 aliphatic carbocycles. The van der Waals surface area contributed by atoms with E-state index in [1.807, 2.05) is 0 Å². The fourth-order valence-electron chi connectivity index (χ4n) is 5.98. The second-order valence-electron chi connectivity index (χ2n) is 10.2. The summed E-state index contributed by atoms with van der Waals surface area (Å²) in [5, 5.41) is 2.26. The molecule has 0 saturated heterocycles. The van der Waals surface area contributed by atoms with Gasteiger partial charge in [0.05, 0.1) is 20.6 Å². The molecule has 0 unspecified atom stereocenters. The Kier molecular flexibility index (Phi) is 2.97. The van der Waals surface area contributed by atoms with E-state index in [2.05, 4.69) is 0 Å². The van der Waals surface area contributed by atoms with Crippen LogP contribution in [0.3, 0.4) is 0 Å². The fourth-order valence-corrected chi connectivity index (χ4v) is 5.98. The standard InChI is InChI=1S/C42H26O/c1-2-15-31-27(11-1)12-10-21-33(31)42-36-19-5-3-17-34(36)41(35-18-4-6-20-37(35)42)30-14-9-13-28(25-30)29-23-24-40-38(26-29)32-16-7-8-22-39(32)43-40/h1-26H/i1D,2D,3D,4D,5D,6D,7D,8D,10D,11D,12D,16D,22D,23D,24D. The van der Waals surface area contributed by atoms with Gasteiger partial charge in [0, 0.05) is 10.8 Å². The molecule has 1 nitrogen and oxygen atoms in total. The molecule has 1 heterocycles. The van der Waals surface area contributed by atoms with Crippen molar-refractivity contribution in [2.45, 2.75) is 0 Å². The van der Waals surface area contributed by atoms with Crippen molar-refractivity contribution in [3.05, 3.63) is 157 Å². The summed E-state index contributed by atoms with van der Waals surface area (Å²) in [6, 6.07) is 12.9. The maximum Gasteiger partial charge on any atom is 0.135 e. The highest BCUT2D eigenvalue weighted by Crippen LogP contribution is 2.45. The van der Waals surface area contributed by atoms with Gasteiger partial charge in [-0.15, -0.1) is 0 Å². The number of furan rings is 1. The Hall–Kier alpha value is -5.66. The van der Waals surface area contributed by atoms with Crippen LogP contribution < -0.4 is 0 Å². The minimum absolute atomic E-state index is 0.00843. The average Bonchev–Trinajstić information content (AvgIpc) is 3.58. The van der Waals surface area contributed by atoms with Crippen molar-refractivity contribution < 1.29 is 25.0 Å². The smallest absolute Gasteiger partial charge is 0.135 e. The molecule has 0 spiro atoms. The molecule has 8 aromatic carbocycles. The number of hydrogen-bond acceptors (Lipinski definition) is 1. The summed E-state index contributed by atoms with van der Waals surface area (Å²) in [6.07, 6.45) is 0. The maximum atomic E-state index is 9.01. The lowest BCUT2D eigenvalue weighted by Gasteiger charge is -2.19. The third-order valence-electron chi connectivity index (χ3n) is 7.84. The van der Waals surface area contributed by atoms with Crippen LogP contribution in [0.15, 0.2) is 162 Å². The van der Waals surface area contributed by atoms with Gasteiger partial charge in [-0.2, -0.15) is 0 Å². The van der Waals surface area contributed by atoms with Crippen LogP contribution in [-0.2, 0) is 0 Å². The summed E-state index contributed by atoms with van der Waals surface area (Å²) in [5.74, 6) is 0. The quantitative estimate of drug-likeness (QED) is 0.196. The molecule has 0 amide bonds. The molecule has 200 valence electrons. The zero-order valence-corrected chi connectivity index (χ0v) is 22.3. The average molecular weight is 562 g/mol. The number of rotatable bonds is 3. The van der Waals surface area contributed by atoms with E-state index >= 15 is 0 Å². The van der Waals surface area contributed by atoms with E-state index in [0.29, 0.717) is 49.4 Å². The minimum atomic E-state index is -0.486. The van der Waals surface area contributed by atoms with Crippen molar-refractivity contribution in [3.8, 4) is 33.4 Å². The van der Waals surface area contributed by atoms with E-state index in [4.69, 9.17) is 25.0 Å². The molecule has 9 aromatic rings. The van der Waals surface area contributed by atoms with E-state index in [9.17, 15) is 0 Å². The van der Waals surface area contributed by atoms with Crippen molar-refractivity contribution in [1.82, 2.24) is 0 Å². The van der Waals surface area contributed by atoms with Crippen molar-refractivity contribution in [3.63, 3.8) is 0 Å². The summed E-state index contributed by atoms with van der Waals surface area (Å²) in [6.45, 7) is 0. The van der Waals surface area contributed by atoms with Crippen LogP contribution in [-0.4, -0.2) is 0 Å². The maximum absolute atomic E-state index is 9.01. The topological polar surface area (TPSA) is 13.1 Å². The molecule has 0 N–H and O–H groups in total. The van der Waals surface area contributed by atoms with E-state index in [0.717, 1.165) is 0 Å². The van der Waals surface area contributed by atoms with Gasteiger partial charge in [-0.1, -0.05) is 133 Å². The number of hydrogen-bond donors (Lipinski definition) is 0. The molecule has 0 saturated carbocycles. The second kappa shape index (κ2) is 9.44. The molecular weight excluding hydrogens is 520 g/mol. The lowest BCUT2D eigenvalue weighted by molar-refractivity contribution is 0.669. The van der Waals surface area contributed by atoms with Gasteiger partial charge >= 0.3 is 0 Å². The fraction of sp³-hybridized carbons (Fsp3) is 0. The van der Waals surface area contributed by atoms with Crippen LogP contribution in [0, 0.1) is 0 Å². The molecule has 9 rings (SSSR count). The zero-order valence-electron chi connectivity index (χ0n) is 37.3. The molecule has 1 aromatic heterocycles. The Bertz CT molecular complexity index is 3280. The first kappa shape index (κ1) is 13.5. The summed E-state index contributed by atoms with van der Waals surface area (Å²) in [7, 11) is 0. The second-order valence-corrected chi connectivity index (χ2v) is 10.2. The van der Waals surface area contributed by atoms with Crippen LogP contribution in [0.2, 0.25) is 0 Å². The van der Waals surface area contributed by atoms with Gasteiger partial charge < -0.3 is 4.42 Å². The largest absolute Gasteiger partial charge is 0.456 e. The van der Waals surface area contributed by atoms with Crippen LogP contribution >= 0.6 is 0 Å². The number of benzene rings is 8. The molecular formula is C42H26O. The summed E-state index contributed by atoms with van der Waals surface area (Å²) < 4.78 is 135. The van der Waals surface area contributed by atoms with Crippen LogP contribution in [0.25, 0.3) is 87.6 Å². The third kappa shape index (κ3) is 3.72. The predicted molar refractivity (Wildman–Crippen MR) is 183 cm³/mol. The molecule has 0 aliphatic heterocycles. The van der Waals surface area contributed by atoms with Gasteiger partial charge in [-0.3, -0.25) is 0 Å². The first-order valence-corrected chi connectivity index (χ1v) is 13.5. The molecule has 0 radical (unpaired) electrons. The molecule has 1 heteroatoms. The lowest BCUT2D eigenvalue weighted by Crippen LogP contribution is -1.92. The first-order valence-electron chi connectivity index (χ1n) is 21.0. The summed E-state index contributed by atoms with van der Waals surface area (Å²) in [4.78, 5) is 0. The molecule has 0 aliphatic rings. The first-order chi connectivity index (χ1) is 27.5. The lowest BCUT2D eigenvalue weighted by atomic mass is 9.84. The van der Waals surface area contributed by atoms with Crippen molar-refractivity contribution in [2.24, 2.45) is 0 Å². The van der Waals surface area contributed by atoms with Crippen LogP contribution in [0.5, 0.6) is 0 Å². The SMILES string of the molecule is [2H]c1cc2c(-c3cccc(-c4cc5c(oc6c([2H])c([2H])c([2H])c([2H])c65)c([2H])c4[2H])c3)c3cc([2H])c([2H])cc3c(-c3cc([2H])c([2H])c4c([2H])c([2H])c([2H])cc34)c2cc1[2H]. The Labute approximate surface area is 270 Å². The van der Waals surface area contributed by atoms with Crippen molar-refractivity contribution in [1.29, 1.82) is 0 Å². The van der Waals surface area contributed by atoms with Gasteiger partial charge in [0.2, 0.25) is 0 Å². The molecule has 0 atom stereocenters. The molecule has 43 heavy (non-hydrogen) atoms. The van der Waals surface area contributed by atoms with E-state index in [1.54, 1.807) is 30.3 Å². The highest BCUT2D eigenvalue weighted by atomic mass is 16.3.